The van der Waals surface area contributed by atoms with Crippen molar-refractivity contribution in [1.82, 2.24) is 15.5 Å². The monoisotopic (exact) mass is 393 g/mol. The van der Waals surface area contributed by atoms with Gasteiger partial charge in [-0.25, -0.2) is 4.79 Å². The first kappa shape index (κ1) is 20.6. The molecule has 4 amide bonds. The standard InChI is InChI=1S/C23H27N3O3/c1-15(2)11-17-7-9-19(10-8-17)16(3)25-22(28)20-6-4-5-18(12-20)14-26-21(27)13-24-23(26)29/h4-10,12,15-16H,11,13-14H2,1-3H3,(H,24,29)(H,25,28)/t16-/m1/s1. The highest BCUT2D eigenvalue weighted by Crippen LogP contribution is 2.17. The van der Waals surface area contributed by atoms with Crippen LogP contribution in [0.4, 0.5) is 4.79 Å². The normalized spacial score (nSPS) is 14.8. The topological polar surface area (TPSA) is 78.5 Å². The van der Waals surface area contributed by atoms with Crippen LogP contribution in [-0.2, 0) is 17.8 Å². The third-order valence-corrected chi connectivity index (χ3v) is 4.94. The van der Waals surface area contributed by atoms with Crippen LogP contribution in [0.3, 0.4) is 0 Å². The van der Waals surface area contributed by atoms with Gasteiger partial charge in [0.05, 0.1) is 19.1 Å². The summed E-state index contributed by atoms with van der Waals surface area (Å²) in [5.74, 6) is 0.148. The minimum Gasteiger partial charge on any atom is -0.346 e. The van der Waals surface area contributed by atoms with Crippen LogP contribution in [0.5, 0.6) is 0 Å². The highest BCUT2D eigenvalue weighted by Gasteiger charge is 2.28. The van der Waals surface area contributed by atoms with Crippen molar-refractivity contribution in [2.45, 2.75) is 39.8 Å². The molecule has 152 valence electrons. The lowest BCUT2D eigenvalue weighted by Gasteiger charge is -2.16. The number of benzene rings is 2. The predicted octanol–water partition coefficient (Wildman–Crippen LogP) is 3.43. The van der Waals surface area contributed by atoms with Gasteiger partial charge in [-0.15, -0.1) is 0 Å². The first-order valence-electron chi connectivity index (χ1n) is 9.90. The van der Waals surface area contributed by atoms with Gasteiger partial charge in [0.25, 0.3) is 5.91 Å². The molecule has 0 saturated carbocycles. The lowest BCUT2D eigenvalue weighted by Crippen LogP contribution is -2.30. The van der Waals surface area contributed by atoms with E-state index >= 15 is 0 Å². The van der Waals surface area contributed by atoms with E-state index in [1.165, 1.54) is 5.56 Å². The fourth-order valence-electron chi connectivity index (χ4n) is 3.39. The van der Waals surface area contributed by atoms with Crippen molar-refractivity contribution in [2.75, 3.05) is 6.54 Å². The summed E-state index contributed by atoms with van der Waals surface area (Å²) in [6, 6.07) is 14.8. The van der Waals surface area contributed by atoms with Gasteiger partial charge in [-0.1, -0.05) is 50.2 Å². The molecule has 1 saturated heterocycles. The van der Waals surface area contributed by atoms with Crippen LogP contribution in [0.25, 0.3) is 0 Å². The van der Waals surface area contributed by atoms with E-state index in [9.17, 15) is 14.4 Å². The van der Waals surface area contributed by atoms with Crippen LogP contribution >= 0.6 is 0 Å². The molecule has 0 spiro atoms. The highest BCUT2D eigenvalue weighted by atomic mass is 16.2. The number of hydrogen-bond acceptors (Lipinski definition) is 3. The lowest BCUT2D eigenvalue weighted by atomic mass is 10.00. The average molecular weight is 393 g/mol. The third-order valence-electron chi connectivity index (χ3n) is 4.94. The summed E-state index contributed by atoms with van der Waals surface area (Å²) in [6.07, 6.45) is 1.03. The van der Waals surface area contributed by atoms with Crippen LogP contribution in [0.15, 0.2) is 48.5 Å². The van der Waals surface area contributed by atoms with Gasteiger partial charge in [-0.05, 0) is 48.1 Å². The first-order valence-corrected chi connectivity index (χ1v) is 9.90. The molecular formula is C23H27N3O3. The minimum absolute atomic E-state index is 0.0203. The summed E-state index contributed by atoms with van der Waals surface area (Å²) in [7, 11) is 0. The lowest BCUT2D eigenvalue weighted by molar-refractivity contribution is -0.125. The van der Waals surface area contributed by atoms with Gasteiger partial charge < -0.3 is 10.6 Å². The molecule has 6 nitrogen and oxygen atoms in total. The van der Waals surface area contributed by atoms with Gasteiger partial charge in [-0.3, -0.25) is 14.5 Å². The summed E-state index contributed by atoms with van der Waals surface area (Å²) in [5, 5.41) is 5.51. The van der Waals surface area contributed by atoms with E-state index < -0.39 is 6.03 Å². The predicted molar refractivity (Wildman–Crippen MR) is 111 cm³/mol. The number of carbonyl (C=O) groups is 3. The van der Waals surface area contributed by atoms with E-state index in [0.717, 1.165) is 22.4 Å². The van der Waals surface area contributed by atoms with E-state index in [1.54, 1.807) is 24.3 Å². The molecule has 0 bridgehead atoms. The molecule has 1 fully saturated rings. The Morgan fingerprint density at radius 3 is 2.41 bits per heavy atom. The molecule has 0 radical (unpaired) electrons. The molecule has 1 aliphatic heterocycles. The number of imide groups is 1. The van der Waals surface area contributed by atoms with E-state index in [4.69, 9.17) is 0 Å². The van der Waals surface area contributed by atoms with Gasteiger partial charge in [0.15, 0.2) is 0 Å². The molecule has 2 aromatic carbocycles. The number of hydrogen-bond donors (Lipinski definition) is 2. The Morgan fingerprint density at radius 2 is 1.79 bits per heavy atom. The van der Waals surface area contributed by atoms with Crippen LogP contribution in [0, 0.1) is 5.92 Å². The molecule has 3 rings (SSSR count). The highest BCUT2D eigenvalue weighted by molar-refractivity contribution is 6.02. The van der Waals surface area contributed by atoms with Crippen molar-refractivity contribution >= 4 is 17.8 Å². The maximum Gasteiger partial charge on any atom is 0.324 e. The van der Waals surface area contributed by atoms with Gasteiger partial charge in [-0.2, -0.15) is 0 Å². The zero-order valence-corrected chi connectivity index (χ0v) is 17.1. The number of nitrogens with zero attached hydrogens (tertiary/aromatic N) is 1. The smallest absolute Gasteiger partial charge is 0.324 e. The van der Waals surface area contributed by atoms with Crippen molar-refractivity contribution in [1.29, 1.82) is 0 Å². The molecule has 0 aromatic heterocycles. The SMILES string of the molecule is CC(C)Cc1ccc([C@@H](C)NC(=O)c2cccc(CN3C(=O)CNC3=O)c2)cc1. The van der Waals surface area contributed by atoms with Gasteiger partial charge >= 0.3 is 6.03 Å². The van der Waals surface area contributed by atoms with Crippen LogP contribution in [-0.4, -0.2) is 29.3 Å². The number of urea groups is 1. The third kappa shape index (κ3) is 5.22. The first-order chi connectivity index (χ1) is 13.8. The van der Waals surface area contributed by atoms with Crippen molar-refractivity contribution < 1.29 is 14.4 Å². The van der Waals surface area contributed by atoms with Crippen LogP contribution in [0.1, 0.15) is 53.9 Å². The van der Waals surface area contributed by atoms with Gasteiger partial charge in [0.2, 0.25) is 5.91 Å². The van der Waals surface area contributed by atoms with Crippen LogP contribution in [0.2, 0.25) is 0 Å². The fraction of sp³-hybridized carbons (Fsp3) is 0.348. The second-order valence-electron chi connectivity index (χ2n) is 7.87. The number of nitrogens with one attached hydrogen (secondary N) is 2. The summed E-state index contributed by atoms with van der Waals surface area (Å²) >= 11 is 0. The Kier molecular flexibility index (Phi) is 6.32. The maximum atomic E-state index is 12.7. The number of amides is 4. The largest absolute Gasteiger partial charge is 0.346 e. The summed E-state index contributed by atoms with van der Waals surface area (Å²) in [5.41, 5.74) is 3.56. The zero-order chi connectivity index (χ0) is 21.0. The summed E-state index contributed by atoms with van der Waals surface area (Å²) in [4.78, 5) is 37.3. The average Bonchev–Trinajstić information content (AvgIpc) is 3.00. The van der Waals surface area contributed by atoms with Crippen LogP contribution < -0.4 is 10.6 Å². The Hall–Kier alpha value is -3.15. The molecule has 1 atom stereocenters. The fourth-order valence-corrected chi connectivity index (χ4v) is 3.39. The minimum atomic E-state index is -0.403. The van der Waals surface area contributed by atoms with Crippen molar-refractivity contribution in [2.24, 2.45) is 5.92 Å². The van der Waals surface area contributed by atoms with E-state index in [2.05, 4.69) is 48.7 Å². The molecule has 0 aliphatic carbocycles. The molecular weight excluding hydrogens is 366 g/mol. The molecule has 6 heteroatoms. The molecule has 1 aliphatic rings. The summed E-state index contributed by atoms with van der Waals surface area (Å²) in [6.45, 7) is 6.51. The Balaban J connectivity index is 1.64. The Labute approximate surface area is 171 Å². The van der Waals surface area contributed by atoms with Crippen molar-refractivity contribution in [3.05, 3.63) is 70.8 Å². The van der Waals surface area contributed by atoms with E-state index in [1.807, 2.05) is 6.92 Å². The maximum absolute atomic E-state index is 12.7. The van der Waals surface area contributed by atoms with Crippen molar-refractivity contribution in [3.8, 4) is 0 Å². The Bertz CT molecular complexity index is 890. The van der Waals surface area contributed by atoms with E-state index in [0.29, 0.717) is 11.5 Å². The summed E-state index contributed by atoms with van der Waals surface area (Å²) < 4.78 is 0. The van der Waals surface area contributed by atoms with Gasteiger partial charge in [0.1, 0.15) is 0 Å². The zero-order valence-electron chi connectivity index (χ0n) is 17.1. The number of rotatable bonds is 7. The molecule has 29 heavy (non-hydrogen) atoms. The molecule has 0 unspecified atom stereocenters. The Morgan fingerprint density at radius 1 is 1.07 bits per heavy atom. The second-order valence-corrected chi connectivity index (χ2v) is 7.87. The quantitative estimate of drug-likeness (QED) is 0.708. The van der Waals surface area contributed by atoms with E-state index in [-0.39, 0.29) is 30.9 Å². The molecule has 2 N–H and O–H groups in total. The van der Waals surface area contributed by atoms with Gasteiger partial charge in [0, 0.05) is 5.56 Å². The number of carbonyl (C=O) groups excluding carboxylic acids is 3. The molecule has 1 heterocycles. The van der Waals surface area contributed by atoms with Crippen molar-refractivity contribution in [3.63, 3.8) is 0 Å². The molecule has 2 aromatic rings. The second kappa shape index (κ2) is 8.90.